The summed E-state index contributed by atoms with van der Waals surface area (Å²) in [4.78, 5) is 5.05. The molecule has 6 heteroatoms. The Balaban J connectivity index is 2.05. The molecule has 0 amide bonds. The molecule has 0 aliphatic heterocycles. The van der Waals surface area contributed by atoms with Crippen LogP contribution in [0.3, 0.4) is 0 Å². The van der Waals surface area contributed by atoms with Gasteiger partial charge in [-0.3, -0.25) is 4.98 Å². The number of benzene rings is 1. The van der Waals surface area contributed by atoms with Crippen LogP contribution in [0.4, 0.5) is 0 Å². The summed E-state index contributed by atoms with van der Waals surface area (Å²) in [6.45, 7) is 4.81. The van der Waals surface area contributed by atoms with Crippen LogP contribution in [-0.4, -0.2) is 14.7 Å². The molecule has 2 aromatic heterocycles. The molecule has 0 spiro atoms. The molecule has 0 radical (unpaired) electrons. The minimum atomic E-state index is 0.0187. The van der Waals surface area contributed by atoms with Gasteiger partial charge in [-0.25, -0.2) is 0 Å². The Bertz CT molecular complexity index is 874. The smallest absolute Gasteiger partial charge is 0.0835 e. The lowest BCUT2D eigenvalue weighted by Gasteiger charge is -2.13. The molecule has 3 aromatic rings. The predicted octanol–water partition coefficient (Wildman–Crippen LogP) is 5.50. The van der Waals surface area contributed by atoms with Crippen LogP contribution in [0.25, 0.3) is 0 Å². The summed E-state index contributed by atoms with van der Waals surface area (Å²) in [5, 5.41) is 12.1. The van der Waals surface area contributed by atoms with E-state index in [9.17, 15) is 5.11 Å². The Hall–Kier alpha value is -1.46. The molecule has 0 fully saturated rings. The molecule has 0 aliphatic rings. The molecular weight excluding hydrogens is 375 g/mol. The van der Waals surface area contributed by atoms with Gasteiger partial charge >= 0.3 is 0 Å². The van der Waals surface area contributed by atoms with Crippen molar-refractivity contribution in [2.45, 2.75) is 36.9 Å². The molecule has 3 nitrogen and oxygen atoms in total. The second-order valence-electron chi connectivity index (χ2n) is 5.80. The predicted molar refractivity (Wildman–Crippen MR) is 104 cm³/mol. The van der Waals surface area contributed by atoms with Crippen LogP contribution in [0, 0.1) is 13.8 Å². The van der Waals surface area contributed by atoms with Gasteiger partial charge in [0.2, 0.25) is 0 Å². The highest BCUT2D eigenvalue weighted by Gasteiger charge is 2.18. The number of aliphatic hydroxyl groups is 1. The van der Waals surface area contributed by atoms with Gasteiger partial charge in [0.15, 0.2) is 0 Å². The fraction of sp³-hybridized carbons (Fsp3) is 0.211. The van der Waals surface area contributed by atoms with E-state index in [-0.39, 0.29) is 6.61 Å². The SMILES string of the molecule is Cc1c(CO)c(C)n(Cc2ccncc2)c1Sc1cc(Cl)cc(Cl)c1. The summed E-state index contributed by atoms with van der Waals surface area (Å²) in [5.74, 6) is 0. The molecule has 1 aromatic carbocycles. The van der Waals surface area contributed by atoms with Gasteiger partial charge in [0.1, 0.15) is 0 Å². The summed E-state index contributed by atoms with van der Waals surface area (Å²) in [6, 6.07) is 9.52. The van der Waals surface area contributed by atoms with Crippen LogP contribution >= 0.6 is 35.0 Å². The number of rotatable bonds is 5. The lowest BCUT2D eigenvalue weighted by atomic mass is 10.2. The number of hydrogen-bond donors (Lipinski definition) is 1. The second kappa shape index (κ2) is 7.83. The average molecular weight is 393 g/mol. The van der Waals surface area contributed by atoms with Gasteiger partial charge < -0.3 is 9.67 Å². The van der Waals surface area contributed by atoms with Crippen LogP contribution < -0.4 is 0 Å². The zero-order valence-electron chi connectivity index (χ0n) is 14.0. The Morgan fingerprint density at radius 3 is 2.32 bits per heavy atom. The third-order valence-electron chi connectivity index (χ3n) is 4.16. The van der Waals surface area contributed by atoms with Crippen molar-refractivity contribution >= 4 is 35.0 Å². The lowest BCUT2D eigenvalue weighted by molar-refractivity contribution is 0.280. The van der Waals surface area contributed by atoms with E-state index in [0.29, 0.717) is 16.6 Å². The third-order valence-corrected chi connectivity index (χ3v) is 5.79. The Morgan fingerprint density at radius 2 is 1.72 bits per heavy atom. The maximum Gasteiger partial charge on any atom is 0.0835 e. The summed E-state index contributed by atoms with van der Waals surface area (Å²) < 4.78 is 2.22. The fourth-order valence-electron chi connectivity index (χ4n) is 2.84. The largest absolute Gasteiger partial charge is 0.392 e. The van der Waals surface area contributed by atoms with E-state index in [0.717, 1.165) is 32.3 Å². The molecule has 2 heterocycles. The van der Waals surface area contributed by atoms with Crippen molar-refractivity contribution in [2.75, 3.05) is 0 Å². The molecule has 0 unspecified atom stereocenters. The standard InChI is InChI=1S/C19H18Cl2N2OS/c1-12-18(11-24)13(2)23(10-14-3-5-22-6-4-14)19(12)25-17-8-15(20)7-16(21)9-17/h3-9,24H,10-11H2,1-2H3. The van der Waals surface area contributed by atoms with Gasteiger partial charge in [0.05, 0.1) is 11.6 Å². The highest BCUT2D eigenvalue weighted by atomic mass is 35.5. The van der Waals surface area contributed by atoms with Crippen LogP contribution in [0.15, 0.2) is 52.6 Å². The Morgan fingerprint density at radius 1 is 1.08 bits per heavy atom. The average Bonchev–Trinajstić information content (AvgIpc) is 2.78. The molecule has 0 aliphatic carbocycles. The third kappa shape index (κ3) is 4.04. The number of halogens is 2. The molecule has 0 atom stereocenters. The molecule has 3 rings (SSSR count). The molecule has 0 saturated carbocycles. The van der Waals surface area contributed by atoms with Crippen molar-refractivity contribution in [3.63, 3.8) is 0 Å². The van der Waals surface area contributed by atoms with Gasteiger partial charge in [-0.1, -0.05) is 35.0 Å². The maximum atomic E-state index is 9.78. The monoisotopic (exact) mass is 392 g/mol. The summed E-state index contributed by atoms with van der Waals surface area (Å²) in [6.07, 6.45) is 3.58. The van der Waals surface area contributed by atoms with Crippen LogP contribution in [0.5, 0.6) is 0 Å². The van der Waals surface area contributed by atoms with Crippen molar-refractivity contribution in [3.05, 3.63) is 75.2 Å². The van der Waals surface area contributed by atoms with E-state index < -0.39 is 0 Å². The summed E-state index contributed by atoms with van der Waals surface area (Å²) in [5.41, 5.74) is 4.26. The first-order valence-electron chi connectivity index (χ1n) is 7.82. The molecular formula is C19H18Cl2N2OS. The van der Waals surface area contributed by atoms with Crippen molar-refractivity contribution < 1.29 is 5.11 Å². The number of aliphatic hydroxyl groups excluding tert-OH is 1. The number of pyridine rings is 1. The van der Waals surface area contributed by atoms with Gasteiger partial charge in [-0.05, 0) is 55.3 Å². The minimum Gasteiger partial charge on any atom is -0.392 e. The van der Waals surface area contributed by atoms with Crippen LogP contribution in [0.1, 0.15) is 22.4 Å². The zero-order valence-corrected chi connectivity index (χ0v) is 16.3. The normalized spacial score (nSPS) is 11.1. The van der Waals surface area contributed by atoms with Crippen LogP contribution in [0.2, 0.25) is 10.0 Å². The number of nitrogens with zero attached hydrogens (tertiary/aromatic N) is 2. The molecule has 0 saturated heterocycles. The molecule has 25 heavy (non-hydrogen) atoms. The fourth-order valence-corrected chi connectivity index (χ4v) is 4.68. The van der Waals surface area contributed by atoms with Gasteiger partial charge in [-0.2, -0.15) is 0 Å². The van der Waals surface area contributed by atoms with Crippen molar-refractivity contribution in [2.24, 2.45) is 0 Å². The quantitative estimate of drug-likeness (QED) is 0.622. The van der Waals surface area contributed by atoms with Crippen molar-refractivity contribution in [1.29, 1.82) is 0 Å². The zero-order chi connectivity index (χ0) is 18.0. The number of hydrogen-bond acceptors (Lipinski definition) is 3. The van der Waals surface area contributed by atoms with E-state index in [1.807, 2.05) is 38.1 Å². The van der Waals surface area contributed by atoms with Gasteiger partial charge in [-0.15, -0.1) is 0 Å². The number of aromatic nitrogens is 2. The first-order chi connectivity index (χ1) is 12.0. The Kier molecular flexibility index (Phi) is 5.74. The first-order valence-corrected chi connectivity index (χ1v) is 9.39. The van der Waals surface area contributed by atoms with E-state index in [1.54, 1.807) is 30.2 Å². The van der Waals surface area contributed by atoms with E-state index >= 15 is 0 Å². The highest BCUT2D eigenvalue weighted by molar-refractivity contribution is 7.99. The lowest BCUT2D eigenvalue weighted by Crippen LogP contribution is -2.04. The topological polar surface area (TPSA) is 38.0 Å². The van der Waals surface area contributed by atoms with Gasteiger partial charge in [0, 0.05) is 45.1 Å². The van der Waals surface area contributed by atoms with E-state index in [1.165, 1.54) is 0 Å². The van der Waals surface area contributed by atoms with Gasteiger partial charge in [0.25, 0.3) is 0 Å². The van der Waals surface area contributed by atoms with Crippen molar-refractivity contribution in [3.8, 4) is 0 Å². The second-order valence-corrected chi connectivity index (χ2v) is 7.74. The molecule has 0 bridgehead atoms. The summed E-state index contributed by atoms with van der Waals surface area (Å²) >= 11 is 13.9. The van der Waals surface area contributed by atoms with E-state index in [2.05, 4.69) is 9.55 Å². The highest BCUT2D eigenvalue weighted by Crippen LogP contribution is 2.37. The first kappa shape index (κ1) is 18.3. The molecule has 130 valence electrons. The molecule has 1 N–H and O–H groups in total. The summed E-state index contributed by atoms with van der Waals surface area (Å²) in [7, 11) is 0. The Labute approximate surface area is 161 Å². The minimum absolute atomic E-state index is 0.0187. The van der Waals surface area contributed by atoms with E-state index in [4.69, 9.17) is 23.2 Å². The van der Waals surface area contributed by atoms with Crippen molar-refractivity contribution in [1.82, 2.24) is 9.55 Å². The van der Waals surface area contributed by atoms with Crippen LogP contribution in [-0.2, 0) is 13.2 Å². The maximum absolute atomic E-state index is 9.78.